The Morgan fingerprint density at radius 3 is 2.94 bits per heavy atom. The largest absolute Gasteiger partial charge is 0.376 e. The Balaban J connectivity index is 1.88. The molecule has 0 bridgehead atoms. The highest BCUT2D eigenvalue weighted by atomic mass is 16.5. The molecule has 1 atom stereocenters. The van der Waals surface area contributed by atoms with Crippen LogP contribution in [-0.4, -0.2) is 29.2 Å². The summed E-state index contributed by atoms with van der Waals surface area (Å²) in [6.45, 7) is 5.64. The average Bonchev–Trinajstić information content (AvgIpc) is 2.27. The fraction of sp³-hybridized carbons (Fsp3) is 0.667. The summed E-state index contributed by atoms with van der Waals surface area (Å²) in [5.74, 6) is 1.71. The van der Waals surface area contributed by atoms with Crippen molar-refractivity contribution in [3.05, 3.63) is 17.6 Å². The maximum absolute atomic E-state index is 5.65. The molecule has 1 unspecified atom stereocenters. The first kappa shape index (κ1) is 11.3. The lowest BCUT2D eigenvalue weighted by Gasteiger charge is -2.23. The van der Waals surface area contributed by atoms with Crippen LogP contribution in [-0.2, 0) is 4.74 Å². The van der Waals surface area contributed by atoms with E-state index in [0.717, 1.165) is 36.9 Å². The first-order valence-corrected chi connectivity index (χ1v) is 5.92. The van der Waals surface area contributed by atoms with E-state index in [9.17, 15) is 0 Å². The van der Waals surface area contributed by atoms with Crippen LogP contribution < -0.4 is 5.32 Å². The summed E-state index contributed by atoms with van der Waals surface area (Å²) in [5, 5.41) is 3.32. The Morgan fingerprint density at radius 1 is 1.38 bits per heavy atom. The first-order valence-electron chi connectivity index (χ1n) is 5.92. The highest BCUT2D eigenvalue weighted by molar-refractivity contribution is 5.35. The van der Waals surface area contributed by atoms with Gasteiger partial charge in [-0.2, -0.15) is 0 Å². The van der Waals surface area contributed by atoms with E-state index < -0.39 is 0 Å². The van der Waals surface area contributed by atoms with Crippen molar-refractivity contribution in [2.45, 2.75) is 39.2 Å². The number of rotatable bonds is 3. The van der Waals surface area contributed by atoms with Crippen LogP contribution in [0, 0.1) is 13.8 Å². The number of nitrogens with one attached hydrogen (secondary N) is 1. The predicted molar refractivity (Wildman–Crippen MR) is 63.6 cm³/mol. The Labute approximate surface area is 96.4 Å². The third-order valence-corrected chi connectivity index (χ3v) is 2.75. The molecule has 1 aliphatic rings. The highest BCUT2D eigenvalue weighted by Crippen LogP contribution is 2.13. The lowest BCUT2D eigenvalue weighted by atomic mass is 10.1. The van der Waals surface area contributed by atoms with Gasteiger partial charge in [-0.3, -0.25) is 0 Å². The molecule has 1 aromatic heterocycles. The minimum Gasteiger partial charge on any atom is -0.376 e. The maximum atomic E-state index is 5.65. The molecule has 1 saturated heterocycles. The molecular formula is C12H19N3O. The van der Waals surface area contributed by atoms with Crippen LogP contribution in [0.15, 0.2) is 6.07 Å². The second-order valence-corrected chi connectivity index (χ2v) is 4.31. The standard InChI is InChI=1S/C12H19N3O/c1-9-7-12(15-10(2)14-9)13-8-11-5-3-4-6-16-11/h7,11H,3-6,8H2,1-2H3,(H,13,14,15). The minimum atomic E-state index is 0.337. The summed E-state index contributed by atoms with van der Waals surface area (Å²) >= 11 is 0. The molecule has 0 radical (unpaired) electrons. The van der Waals surface area contributed by atoms with Gasteiger partial charge < -0.3 is 10.1 Å². The molecule has 0 aromatic carbocycles. The van der Waals surface area contributed by atoms with Crippen molar-refractivity contribution < 1.29 is 4.74 Å². The number of hydrogen-bond donors (Lipinski definition) is 1. The Hall–Kier alpha value is -1.16. The third-order valence-electron chi connectivity index (χ3n) is 2.75. The number of ether oxygens (including phenoxy) is 1. The number of aryl methyl sites for hydroxylation is 2. The maximum Gasteiger partial charge on any atom is 0.130 e. The van der Waals surface area contributed by atoms with Gasteiger partial charge in [0.05, 0.1) is 6.10 Å². The molecule has 88 valence electrons. The highest BCUT2D eigenvalue weighted by Gasteiger charge is 2.13. The molecule has 4 nitrogen and oxygen atoms in total. The molecule has 0 saturated carbocycles. The monoisotopic (exact) mass is 221 g/mol. The summed E-state index contributed by atoms with van der Waals surface area (Å²) < 4.78 is 5.65. The van der Waals surface area contributed by atoms with Gasteiger partial charge in [0.15, 0.2) is 0 Å². The average molecular weight is 221 g/mol. The SMILES string of the molecule is Cc1cc(NCC2CCCCO2)nc(C)n1. The van der Waals surface area contributed by atoms with Crippen LogP contribution in [0.3, 0.4) is 0 Å². The van der Waals surface area contributed by atoms with E-state index in [0.29, 0.717) is 6.10 Å². The summed E-state index contributed by atoms with van der Waals surface area (Å²) in [6.07, 6.45) is 3.95. The van der Waals surface area contributed by atoms with Crippen molar-refractivity contribution in [1.29, 1.82) is 0 Å². The molecule has 0 spiro atoms. The van der Waals surface area contributed by atoms with Crippen molar-refractivity contribution in [1.82, 2.24) is 9.97 Å². The second kappa shape index (κ2) is 5.25. The van der Waals surface area contributed by atoms with E-state index in [-0.39, 0.29) is 0 Å². The third kappa shape index (κ3) is 3.17. The van der Waals surface area contributed by atoms with Crippen molar-refractivity contribution in [2.24, 2.45) is 0 Å². The topological polar surface area (TPSA) is 47.0 Å². The van der Waals surface area contributed by atoms with Gasteiger partial charge in [0.25, 0.3) is 0 Å². The molecule has 1 aliphatic heterocycles. The molecular weight excluding hydrogens is 202 g/mol. The normalized spacial score (nSPS) is 20.8. The zero-order valence-electron chi connectivity index (χ0n) is 9.99. The number of hydrogen-bond acceptors (Lipinski definition) is 4. The fourth-order valence-corrected chi connectivity index (χ4v) is 1.99. The molecule has 2 heterocycles. The van der Waals surface area contributed by atoms with Gasteiger partial charge in [0.2, 0.25) is 0 Å². The van der Waals surface area contributed by atoms with E-state index in [1.807, 2.05) is 19.9 Å². The smallest absolute Gasteiger partial charge is 0.130 e. The minimum absolute atomic E-state index is 0.337. The van der Waals surface area contributed by atoms with Crippen molar-refractivity contribution in [3.8, 4) is 0 Å². The van der Waals surface area contributed by atoms with Crippen molar-refractivity contribution in [3.63, 3.8) is 0 Å². The van der Waals surface area contributed by atoms with E-state index in [1.165, 1.54) is 12.8 Å². The second-order valence-electron chi connectivity index (χ2n) is 4.31. The van der Waals surface area contributed by atoms with E-state index in [2.05, 4.69) is 15.3 Å². The molecule has 1 aromatic rings. The van der Waals surface area contributed by atoms with Crippen LogP contribution in [0.5, 0.6) is 0 Å². The lowest BCUT2D eigenvalue weighted by Crippen LogP contribution is -2.27. The van der Waals surface area contributed by atoms with Gasteiger partial charge in [0, 0.05) is 24.9 Å². The van der Waals surface area contributed by atoms with E-state index >= 15 is 0 Å². The van der Waals surface area contributed by atoms with Crippen molar-refractivity contribution in [2.75, 3.05) is 18.5 Å². The van der Waals surface area contributed by atoms with Crippen LogP contribution >= 0.6 is 0 Å². The summed E-state index contributed by atoms with van der Waals surface area (Å²) in [7, 11) is 0. The summed E-state index contributed by atoms with van der Waals surface area (Å²) in [6, 6.07) is 1.97. The van der Waals surface area contributed by atoms with E-state index in [4.69, 9.17) is 4.74 Å². The molecule has 4 heteroatoms. The fourth-order valence-electron chi connectivity index (χ4n) is 1.99. The molecule has 0 amide bonds. The summed E-state index contributed by atoms with van der Waals surface area (Å²) in [4.78, 5) is 8.59. The van der Waals surface area contributed by atoms with Gasteiger partial charge in [-0.1, -0.05) is 0 Å². The molecule has 2 rings (SSSR count). The Kier molecular flexibility index (Phi) is 3.72. The van der Waals surface area contributed by atoms with Crippen molar-refractivity contribution >= 4 is 5.82 Å². The van der Waals surface area contributed by atoms with E-state index in [1.54, 1.807) is 0 Å². The molecule has 1 fully saturated rings. The van der Waals surface area contributed by atoms with Gasteiger partial charge in [0.1, 0.15) is 11.6 Å². The van der Waals surface area contributed by atoms with Crippen LogP contribution in [0.2, 0.25) is 0 Å². The number of anilines is 1. The summed E-state index contributed by atoms with van der Waals surface area (Å²) in [5.41, 5.74) is 1.000. The Morgan fingerprint density at radius 2 is 2.25 bits per heavy atom. The lowest BCUT2D eigenvalue weighted by molar-refractivity contribution is 0.0247. The quantitative estimate of drug-likeness (QED) is 0.848. The zero-order chi connectivity index (χ0) is 11.4. The predicted octanol–water partition coefficient (Wildman–Crippen LogP) is 2.07. The van der Waals surface area contributed by atoms with Crippen LogP contribution in [0.4, 0.5) is 5.82 Å². The number of aromatic nitrogens is 2. The van der Waals surface area contributed by atoms with Gasteiger partial charge >= 0.3 is 0 Å². The van der Waals surface area contributed by atoms with Gasteiger partial charge in [-0.25, -0.2) is 9.97 Å². The first-order chi connectivity index (χ1) is 7.74. The number of nitrogens with zero attached hydrogens (tertiary/aromatic N) is 2. The van der Waals surface area contributed by atoms with Crippen LogP contribution in [0.1, 0.15) is 30.8 Å². The molecule has 16 heavy (non-hydrogen) atoms. The van der Waals surface area contributed by atoms with Crippen LogP contribution in [0.25, 0.3) is 0 Å². The van der Waals surface area contributed by atoms with Gasteiger partial charge in [-0.05, 0) is 33.1 Å². The Bertz CT molecular complexity index is 328. The zero-order valence-corrected chi connectivity index (χ0v) is 9.99. The van der Waals surface area contributed by atoms with Gasteiger partial charge in [-0.15, -0.1) is 0 Å². The molecule has 0 aliphatic carbocycles. The molecule has 1 N–H and O–H groups in total.